The Hall–Kier alpha value is -1.75. The van der Waals surface area contributed by atoms with E-state index in [-0.39, 0.29) is 11.7 Å². The normalized spacial score (nSPS) is 19.9. The van der Waals surface area contributed by atoms with E-state index in [2.05, 4.69) is 15.3 Å². The molecule has 1 aliphatic heterocycles. The molecule has 17 heavy (non-hydrogen) atoms. The highest BCUT2D eigenvalue weighted by atomic mass is 19.1. The van der Waals surface area contributed by atoms with E-state index < -0.39 is 5.69 Å². The molecule has 88 valence electrons. The molecule has 2 aromatic rings. The molecule has 0 aliphatic carbocycles. The van der Waals surface area contributed by atoms with Gasteiger partial charge in [0.05, 0.1) is 5.52 Å². The summed E-state index contributed by atoms with van der Waals surface area (Å²) < 4.78 is 13.1. The molecule has 1 fully saturated rings. The average molecular weight is 233 g/mol. The van der Waals surface area contributed by atoms with Gasteiger partial charge in [-0.05, 0) is 25.1 Å². The first kappa shape index (κ1) is 10.4. The second-order valence-corrected chi connectivity index (χ2v) is 4.31. The lowest BCUT2D eigenvalue weighted by Gasteiger charge is -2.11. The predicted octanol–water partition coefficient (Wildman–Crippen LogP) is 1.14. The summed E-state index contributed by atoms with van der Waals surface area (Å²) in [5, 5.41) is 4.08. The predicted molar refractivity (Wildman–Crippen MR) is 62.5 cm³/mol. The minimum absolute atomic E-state index is 0.277. The van der Waals surface area contributed by atoms with Gasteiger partial charge in [0.25, 0.3) is 0 Å². The third-order valence-electron chi connectivity index (χ3n) is 3.18. The Morgan fingerprint density at radius 3 is 3.06 bits per heavy atom. The molecule has 0 spiro atoms. The number of H-pyrrole nitrogens is 1. The molecule has 1 atom stereocenters. The van der Waals surface area contributed by atoms with Crippen molar-refractivity contribution in [2.75, 3.05) is 13.1 Å². The quantitative estimate of drug-likeness (QED) is 0.776. The first-order valence-corrected chi connectivity index (χ1v) is 5.64. The smallest absolute Gasteiger partial charge is 0.316 e. The average Bonchev–Trinajstić information content (AvgIpc) is 2.80. The van der Waals surface area contributed by atoms with Gasteiger partial charge >= 0.3 is 5.69 Å². The van der Waals surface area contributed by atoms with Gasteiger partial charge in [-0.3, -0.25) is 0 Å². The number of aromatic nitrogens is 2. The molecule has 1 aromatic carbocycles. The molecule has 1 saturated heterocycles. The number of hydrogen-bond donors (Lipinski definition) is 2. The summed E-state index contributed by atoms with van der Waals surface area (Å²) in [4.78, 5) is 18.0. The summed E-state index contributed by atoms with van der Waals surface area (Å²) >= 11 is 0. The molecular formula is C12H12FN3O. The number of aromatic amines is 1. The van der Waals surface area contributed by atoms with E-state index >= 15 is 0 Å². The van der Waals surface area contributed by atoms with Crippen molar-refractivity contribution in [2.45, 2.75) is 12.3 Å². The highest BCUT2D eigenvalue weighted by Gasteiger charge is 2.20. The van der Waals surface area contributed by atoms with Crippen molar-refractivity contribution >= 4 is 10.9 Å². The molecule has 3 rings (SSSR count). The summed E-state index contributed by atoms with van der Waals surface area (Å²) in [7, 11) is 0. The fraction of sp³-hybridized carbons (Fsp3) is 0.333. The SMILES string of the molecule is O=c1nc2cc(F)ccc2c(C2CCNC2)[nH]1. The summed E-state index contributed by atoms with van der Waals surface area (Å²) in [5.74, 6) is -0.0928. The van der Waals surface area contributed by atoms with Crippen LogP contribution in [0.15, 0.2) is 23.0 Å². The molecule has 1 aromatic heterocycles. The highest BCUT2D eigenvalue weighted by Crippen LogP contribution is 2.26. The van der Waals surface area contributed by atoms with Crippen molar-refractivity contribution in [3.05, 3.63) is 40.2 Å². The molecule has 0 bridgehead atoms. The Morgan fingerprint density at radius 2 is 2.29 bits per heavy atom. The van der Waals surface area contributed by atoms with Crippen LogP contribution in [-0.2, 0) is 0 Å². The van der Waals surface area contributed by atoms with E-state index in [0.717, 1.165) is 30.6 Å². The van der Waals surface area contributed by atoms with Crippen molar-refractivity contribution in [3.8, 4) is 0 Å². The van der Waals surface area contributed by atoms with E-state index in [1.807, 2.05) is 0 Å². The molecule has 1 aliphatic rings. The Labute approximate surface area is 96.9 Å². The van der Waals surface area contributed by atoms with Crippen LogP contribution in [0.25, 0.3) is 10.9 Å². The van der Waals surface area contributed by atoms with E-state index in [1.54, 1.807) is 6.07 Å². The number of benzene rings is 1. The minimum Gasteiger partial charge on any atom is -0.316 e. The van der Waals surface area contributed by atoms with E-state index in [4.69, 9.17) is 0 Å². The highest BCUT2D eigenvalue weighted by molar-refractivity contribution is 5.81. The molecule has 2 heterocycles. The van der Waals surface area contributed by atoms with Crippen molar-refractivity contribution in [1.82, 2.24) is 15.3 Å². The Bertz CT molecular complexity index is 617. The maximum Gasteiger partial charge on any atom is 0.345 e. The Balaban J connectivity index is 2.25. The molecular weight excluding hydrogens is 221 g/mol. The van der Waals surface area contributed by atoms with Crippen LogP contribution < -0.4 is 11.0 Å². The molecule has 0 saturated carbocycles. The van der Waals surface area contributed by atoms with Gasteiger partial charge in [-0.2, -0.15) is 4.98 Å². The second kappa shape index (κ2) is 3.92. The first-order chi connectivity index (χ1) is 8.24. The molecule has 1 unspecified atom stereocenters. The lowest BCUT2D eigenvalue weighted by atomic mass is 10.0. The zero-order chi connectivity index (χ0) is 11.8. The fourth-order valence-electron chi connectivity index (χ4n) is 2.37. The standard InChI is InChI=1S/C12H12FN3O/c13-8-1-2-9-10(5-8)15-12(17)16-11(9)7-3-4-14-6-7/h1-2,5,7,14H,3-4,6H2,(H,15,16,17). The van der Waals surface area contributed by atoms with Crippen molar-refractivity contribution in [2.24, 2.45) is 0 Å². The molecule has 0 radical (unpaired) electrons. The van der Waals surface area contributed by atoms with E-state index in [0.29, 0.717) is 5.52 Å². The zero-order valence-corrected chi connectivity index (χ0v) is 9.16. The summed E-state index contributed by atoms with van der Waals surface area (Å²) in [5.41, 5.74) is 0.880. The van der Waals surface area contributed by atoms with Crippen LogP contribution in [-0.4, -0.2) is 23.1 Å². The first-order valence-electron chi connectivity index (χ1n) is 5.64. The van der Waals surface area contributed by atoms with Gasteiger partial charge in [0.2, 0.25) is 0 Å². The lowest BCUT2D eigenvalue weighted by Crippen LogP contribution is -2.17. The van der Waals surface area contributed by atoms with E-state index in [9.17, 15) is 9.18 Å². The van der Waals surface area contributed by atoms with Gasteiger partial charge in [-0.1, -0.05) is 0 Å². The zero-order valence-electron chi connectivity index (χ0n) is 9.16. The second-order valence-electron chi connectivity index (χ2n) is 4.31. The maximum atomic E-state index is 13.1. The minimum atomic E-state index is -0.412. The lowest BCUT2D eigenvalue weighted by molar-refractivity contribution is 0.629. The topological polar surface area (TPSA) is 57.8 Å². The number of nitrogens with zero attached hydrogens (tertiary/aromatic N) is 1. The molecule has 5 heteroatoms. The summed E-state index contributed by atoms with van der Waals surface area (Å²) in [6, 6.07) is 4.38. The Kier molecular flexibility index (Phi) is 2.40. The van der Waals surface area contributed by atoms with Crippen LogP contribution in [0, 0.1) is 5.82 Å². The monoisotopic (exact) mass is 233 g/mol. The third-order valence-corrected chi connectivity index (χ3v) is 3.18. The molecule has 0 amide bonds. The maximum absolute atomic E-state index is 13.1. The summed E-state index contributed by atoms with van der Waals surface area (Å²) in [6.45, 7) is 1.78. The molecule has 2 N–H and O–H groups in total. The van der Waals surface area contributed by atoms with Gasteiger partial charge in [0.1, 0.15) is 5.82 Å². The number of halogens is 1. The Morgan fingerprint density at radius 1 is 1.41 bits per heavy atom. The molecule has 4 nitrogen and oxygen atoms in total. The van der Waals surface area contributed by atoms with Crippen LogP contribution in [0.1, 0.15) is 18.0 Å². The van der Waals surface area contributed by atoms with Crippen LogP contribution >= 0.6 is 0 Å². The number of nitrogens with one attached hydrogen (secondary N) is 2. The van der Waals surface area contributed by atoms with Crippen LogP contribution in [0.3, 0.4) is 0 Å². The third kappa shape index (κ3) is 1.82. The van der Waals surface area contributed by atoms with Crippen LogP contribution in [0.2, 0.25) is 0 Å². The largest absolute Gasteiger partial charge is 0.345 e. The number of fused-ring (bicyclic) bond motifs is 1. The number of hydrogen-bond acceptors (Lipinski definition) is 3. The van der Waals surface area contributed by atoms with Gasteiger partial charge in [-0.15, -0.1) is 0 Å². The van der Waals surface area contributed by atoms with Crippen molar-refractivity contribution in [3.63, 3.8) is 0 Å². The van der Waals surface area contributed by atoms with Gasteiger partial charge in [0.15, 0.2) is 0 Å². The van der Waals surface area contributed by atoms with Crippen molar-refractivity contribution in [1.29, 1.82) is 0 Å². The fourth-order valence-corrected chi connectivity index (χ4v) is 2.37. The van der Waals surface area contributed by atoms with Gasteiger partial charge in [0, 0.05) is 29.6 Å². The van der Waals surface area contributed by atoms with E-state index in [1.165, 1.54) is 12.1 Å². The van der Waals surface area contributed by atoms with Crippen LogP contribution in [0.5, 0.6) is 0 Å². The van der Waals surface area contributed by atoms with Crippen LogP contribution in [0.4, 0.5) is 4.39 Å². The number of rotatable bonds is 1. The van der Waals surface area contributed by atoms with Crippen molar-refractivity contribution < 1.29 is 4.39 Å². The summed E-state index contributed by atoms with van der Waals surface area (Å²) in [6.07, 6.45) is 0.979. The van der Waals surface area contributed by atoms with Gasteiger partial charge < -0.3 is 10.3 Å². The van der Waals surface area contributed by atoms with Gasteiger partial charge in [-0.25, -0.2) is 9.18 Å².